The van der Waals surface area contributed by atoms with E-state index in [9.17, 15) is 12.8 Å². The first-order valence-corrected chi connectivity index (χ1v) is 12.8. The van der Waals surface area contributed by atoms with Crippen LogP contribution < -0.4 is 4.31 Å². The average molecular weight is 481 g/mol. The summed E-state index contributed by atoms with van der Waals surface area (Å²) < 4.78 is 43.1. The summed E-state index contributed by atoms with van der Waals surface area (Å²) in [6.45, 7) is 2.13. The van der Waals surface area contributed by atoms with Crippen molar-refractivity contribution in [3.05, 3.63) is 83.4 Å². The fraction of sp³-hybridized carbons (Fsp3) is 0.167. The Labute approximate surface area is 194 Å². The Bertz CT molecular complexity index is 1510. The highest BCUT2D eigenvalue weighted by atomic mass is 32.2. The van der Waals surface area contributed by atoms with E-state index in [0.717, 1.165) is 52.0 Å². The van der Waals surface area contributed by atoms with Gasteiger partial charge in [0.1, 0.15) is 16.6 Å². The molecule has 1 N–H and O–H groups in total. The van der Waals surface area contributed by atoms with E-state index in [1.54, 1.807) is 12.1 Å². The van der Waals surface area contributed by atoms with Gasteiger partial charge in [-0.1, -0.05) is 19.1 Å². The molecule has 0 bridgehead atoms. The molecular formula is C24H21FN4O2S2. The van der Waals surface area contributed by atoms with Gasteiger partial charge in [-0.2, -0.15) is 0 Å². The van der Waals surface area contributed by atoms with Gasteiger partial charge in [0.2, 0.25) is 0 Å². The van der Waals surface area contributed by atoms with Gasteiger partial charge in [-0.05, 0) is 61.0 Å². The lowest BCUT2D eigenvalue weighted by Gasteiger charge is -2.23. The normalized spacial score (nSPS) is 11.9. The number of rotatable bonds is 7. The molecule has 0 fully saturated rings. The minimum Gasteiger partial charge on any atom is -0.342 e. The van der Waals surface area contributed by atoms with Crippen molar-refractivity contribution < 1.29 is 12.8 Å². The summed E-state index contributed by atoms with van der Waals surface area (Å²) in [4.78, 5) is 12.5. The van der Waals surface area contributed by atoms with Crippen LogP contribution in [0.3, 0.4) is 0 Å². The van der Waals surface area contributed by atoms with Crippen molar-refractivity contribution in [1.29, 1.82) is 0 Å². The van der Waals surface area contributed by atoms with Crippen LogP contribution in [-0.4, -0.2) is 23.4 Å². The quantitative estimate of drug-likeness (QED) is 0.326. The van der Waals surface area contributed by atoms with Crippen molar-refractivity contribution >= 4 is 48.3 Å². The van der Waals surface area contributed by atoms with E-state index in [-0.39, 0.29) is 11.4 Å². The number of nitrogens with zero attached hydrogens (tertiary/aromatic N) is 3. The van der Waals surface area contributed by atoms with Crippen LogP contribution in [0, 0.1) is 5.82 Å². The second-order valence-corrected chi connectivity index (χ2v) is 10.7. The van der Waals surface area contributed by atoms with Crippen molar-refractivity contribution in [2.75, 3.05) is 4.31 Å². The molecule has 33 heavy (non-hydrogen) atoms. The number of nitrogens with one attached hydrogen (secondary N) is 1. The number of anilines is 1. The summed E-state index contributed by atoms with van der Waals surface area (Å²) in [5.41, 5.74) is 2.85. The number of aromatic nitrogens is 3. The molecule has 168 valence electrons. The number of aromatic amines is 1. The van der Waals surface area contributed by atoms with Gasteiger partial charge in [-0.25, -0.2) is 22.8 Å². The third kappa shape index (κ3) is 4.21. The zero-order valence-corrected chi connectivity index (χ0v) is 19.5. The lowest BCUT2D eigenvalue weighted by molar-refractivity contribution is 0.589. The van der Waals surface area contributed by atoms with Crippen LogP contribution in [0.4, 0.5) is 10.1 Å². The minimum absolute atomic E-state index is 0.0152. The summed E-state index contributed by atoms with van der Waals surface area (Å²) in [5, 5.41) is 0.665. The Balaban J connectivity index is 1.61. The average Bonchev–Trinajstić information content (AvgIpc) is 3.40. The van der Waals surface area contributed by atoms with Crippen molar-refractivity contribution in [2.45, 2.75) is 31.2 Å². The van der Waals surface area contributed by atoms with Gasteiger partial charge < -0.3 is 4.98 Å². The van der Waals surface area contributed by atoms with E-state index in [4.69, 9.17) is 0 Å². The maximum Gasteiger partial charge on any atom is 0.264 e. The number of para-hydroxylation sites is 1. The number of hydrogen-bond donors (Lipinski definition) is 1. The van der Waals surface area contributed by atoms with Crippen LogP contribution in [0.5, 0.6) is 0 Å². The van der Waals surface area contributed by atoms with E-state index in [2.05, 4.69) is 21.9 Å². The summed E-state index contributed by atoms with van der Waals surface area (Å²) in [6.07, 6.45) is 1.77. The van der Waals surface area contributed by atoms with Crippen LogP contribution in [0.2, 0.25) is 0 Å². The predicted octanol–water partition coefficient (Wildman–Crippen LogP) is 5.66. The van der Waals surface area contributed by atoms with Crippen LogP contribution in [0.25, 0.3) is 21.3 Å². The fourth-order valence-corrected chi connectivity index (χ4v) is 6.18. The first kappa shape index (κ1) is 21.5. The maximum atomic E-state index is 13.7. The molecule has 0 atom stereocenters. The highest BCUT2D eigenvalue weighted by Gasteiger charge is 2.27. The molecular weight excluding hydrogens is 459 g/mol. The molecule has 0 saturated heterocycles. The predicted molar refractivity (Wildman–Crippen MR) is 129 cm³/mol. The van der Waals surface area contributed by atoms with Gasteiger partial charge in [0.25, 0.3) is 10.0 Å². The molecule has 2 aromatic heterocycles. The number of hydrogen-bond acceptors (Lipinski definition) is 5. The van der Waals surface area contributed by atoms with Crippen molar-refractivity contribution in [3.63, 3.8) is 0 Å². The number of sulfonamides is 1. The SMILES string of the molecule is CCCc1nc2ccc(N(Cc3nc4ccccc4s3)S(=O)(=O)c3ccc(F)cc3)cc2[nH]1. The lowest BCUT2D eigenvalue weighted by atomic mass is 10.3. The summed E-state index contributed by atoms with van der Waals surface area (Å²) >= 11 is 1.45. The molecule has 6 nitrogen and oxygen atoms in total. The number of thiazole rings is 1. The van der Waals surface area contributed by atoms with Gasteiger partial charge in [0.15, 0.2) is 0 Å². The van der Waals surface area contributed by atoms with Crippen molar-refractivity contribution in [1.82, 2.24) is 15.0 Å². The molecule has 0 unspecified atom stereocenters. The standard InChI is InChI=1S/C24H21FN4O2S2/c1-2-5-23-26-19-13-10-17(14-21(19)27-23)29(33(30,31)18-11-8-16(25)9-12-18)15-24-28-20-6-3-4-7-22(20)32-24/h3-4,6-14H,2,5,15H2,1H3,(H,26,27). The van der Waals surface area contributed by atoms with Gasteiger partial charge in [0, 0.05) is 6.42 Å². The van der Waals surface area contributed by atoms with E-state index in [1.807, 2.05) is 30.3 Å². The largest absolute Gasteiger partial charge is 0.342 e. The third-order valence-corrected chi connectivity index (χ3v) is 8.12. The molecule has 0 amide bonds. The van der Waals surface area contributed by atoms with Crippen LogP contribution in [0.15, 0.2) is 71.6 Å². The molecule has 0 radical (unpaired) electrons. The molecule has 9 heteroatoms. The van der Waals surface area contributed by atoms with Crippen LogP contribution in [0.1, 0.15) is 24.2 Å². The van der Waals surface area contributed by atoms with Gasteiger partial charge in [0.05, 0.1) is 38.4 Å². The molecule has 0 spiro atoms. The van der Waals surface area contributed by atoms with E-state index >= 15 is 0 Å². The second kappa shape index (κ2) is 8.57. The summed E-state index contributed by atoms with van der Waals surface area (Å²) in [5.74, 6) is 0.373. The number of benzene rings is 3. The van der Waals surface area contributed by atoms with Gasteiger partial charge in [-0.15, -0.1) is 11.3 Å². The molecule has 2 heterocycles. The Hall–Kier alpha value is -3.30. The zero-order chi connectivity index (χ0) is 23.0. The Morgan fingerprint density at radius 2 is 1.79 bits per heavy atom. The van der Waals surface area contributed by atoms with E-state index in [0.29, 0.717) is 10.7 Å². The number of halogens is 1. The van der Waals surface area contributed by atoms with E-state index < -0.39 is 15.8 Å². The lowest BCUT2D eigenvalue weighted by Crippen LogP contribution is -2.30. The number of fused-ring (bicyclic) bond motifs is 2. The molecule has 3 aromatic carbocycles. The van der Waals surface area contributed by atoms with Crippen LogP contribution >= 0.6 is 11.3 Å². The molecule has 5 aromatic rings. The van der Waals surface area contributed by atoms with Gasteiger partial charge in [-0.3, -0.25) is 4.31 Å². The minimum atomic E-state index is -3.98. The molecule has 0 saturated carbocycles. The van der Waals surface area contributed by atoms with Crippen molar-refractivity contribution in [2.24, 2.45) is 0 Å². The first-order valence-electron chi connectivity index (χ1n) is 10.6. The van der Waals surface area contributed by atoms with Gasteiger partial charge >= 0.3 is 0 Å². The zero-order valence-electron chi connectivity index (χ0n) is 17.8. The maximum absolute atomic E-state index is 13.7. The van der Waals surface area contributed by atoms with Crippen LogP contribution in [-0.2, 0) is 23.0 Å². The number of aryl methyl sites for hydroxylation is 1. The topological polar surface area (TPSA) is 79.0 Å². The summed E-state index contributed by atoms with van der Waals surface area (Å²) in [6, 6.07) is 17.9. The molecule has 0 aliphatic heterocycles. The number of H-pyrrole nitrogens is 1. The fourth-order valence-electron chi connectivity index (χ4n) is 3.72. The second-order valence-electron chi connectivity index (χ2n) is 7.68. The Morgan fingerprint density at radius 1 is 1.00 bits per heavy atom. The highest BCUT2D eigenvalue weighted by molar-refractivity contribution is 7.92. The number of imidazole rings is 1. The van der Waals surface area contributed by atoms with E-state index in [1.165, 1.54) is 27.8 Å². The molecule has 0 aliphatic rings. The smallest absolute Gasteiger partial charge is 0.264 e. The first-order chi connectivity index (χ1) is 15.9. The Morgan fingerprint density at radius 3 is 2.55 bits per heavy atom. The third-order valence-electron chi connectivity index (χ3n) is 5.31. The molecule has 0 aliphatic carbocycles. The van der Waals surface area contributed by atoms with Crippen molar-refractivity contribution in [3.8, 4) is 0 Å². The highest BCUT2D eigenvalue weighted by Crippen LogP contribution is 2.31. The summed E-state index contributed by atoms with van der Waals surface area (Å²) in [7, 11) is -3.98. The monoisotopic (exact) mass is 480 g/mol. The molecule has 5 rings (SSSR count). The Kier molecular flexibility index (Phi) is 5.59.